The van der Waals surface area contributed by atoms with Crippen LogP contribution < -0.4 is 10.6 Å². The maximum absolute atomic E-state index is 13.0. The molecule has 2 N–H and O–H groups in total. The van der Waals surface area contributed by atoms with Crippen molar-refractivity contribution in [3.05, 3.63) is 24.0 Å². The van der Waals surface area contributed by atoms with Gasteiger partial charge in [-0.2, -0.15) is 13.2 Å². The average molecular weight is 236 g/mol. The molecule has 3 nitrogen and oxygen atoms in total. The van der Waals surface area contributed by atoms with E-state index in [2.05, 4.69) is 5.32 Å². The number of amides is 1. The molecule has 0 atom stereocenters. The summed E-state index contributed by atoms with van der Waals surface area (Å²) < 4.78 is 48.7. The summed E-state index contributed by atoms with van der Waals surface area (Å²) in [6, 6.07) is 3.36. The van der Waals surface area contributed by atoms with Crippen molar-refractivity contribution in [3.8, 4) is 0 Å². The van der Waals surface area contributed by atoms with Crippen LogP contribution in [-0.4, -0.2) is 19.1 Å². The summed E-state index contributed by atoms with van der Waals surface area (Å²) in [5.41, 5.74) is -0.131. The highest BCUT2D eigenvalue weighted by Crippen LogP contribution is 2.22. The maximum Gasteiger partial charge on any atom is 0.471 e. The van der Waals surface area contributed by atoms with Gasteiger partial charge in [0.25, 0.3) is 0 Å². The Morgan fingerprint density at radius 1 is 1.31 bits per heavy atom. The van der Waals surface area contributed by atoms with Gasteiger partial charge >= 0.3 is 12.1 Å². The second-order valence-corrected chi connectivity index (χ2v) is 2.90. The van der Waals surface area contributed by atoms with Crippen LogP contribution in [0.2, 0.25) is 0 Å². The van der Waals surface area contributed by atoms with E-state index in [9.17, 15) is 22.4 Å². The normalized spacial score (nSPS) is 11.1. The molecule has 0 bridgehead atoms. The third kappa shape index (κ3) is 2.85. The average Bonchev–Trinajstić information content (AvgIpc) is 2.19. The first-order valence-corrected chi connectivity index (χ1v) is 4.20. The minimum absolute atomic E-state index is 0.388. The highest BCUT2D eigenvalue weighted by molar-refractivity contribution is 5.95. The first kappa shape index (κ1) is 12.3. The minimum Gasteiger partial charge on any atom is -0.388 e. The Morgan fingerprint density at radius 2 is 1.94 bits per heavy atom. The van der Waals surface area contributed by atoms with E-state index in [4.69, 9.17) is 0 Å². The number of halogens is 4. The Morgan fingerprint density at radius 3 is 2.44 bits per heavy atom. The number of nitrogens with one attached hydrogen (secondary N) is 2. The van der Waals surface area contributed by atoms with Crippen LogP contribution in [0.1, 0.15) is 0 Å². The highest BCUT2D eigenvalue weighted by Gasteiger charge is 2.39. The predicted molar refractivity (Wildman–Crippen MR) is 50.6 cm³/mol. The fourth-order valence-electron chi connectivity index (χ4n) is 0.970. The van der Waals surface area contributed by atoms with Gasteiger partial charge in [-0.15, -0.1) is 0 Å². The zero-order valence-electron chi connectivity index (χ0n) is 8.15. The third-order valence-corrected chi connectivity index (χ3v) is 1.76. The van der Waals surface area contributed by atoms with E-state index in [0.29, 0.717) is 5.69 Å². The number of alkyl halides is 3. The van der Waals surface area contributed by atoms with Gasteiger partial charge in [-0.1, -0.05) is 0 Å². The van der Waals surface area contributed by atoms with Crippen molar-refractivity contribution in [1.29, 1.82) is 0 Å². The van der Waals surface area contributed by atoms with Crippen LogP contribution in [-0.2, 0) is 4.79 Å². The van der Waals surface area contributed by atoms with Crippen LogP contribution in [0, 0.1) is 5.82 Å². The van der Waals surface area contributed by atoms with Crippen molar-refractivity contribution < 1.29 is 22.4 Å². The number of benzene rings is 1. The zero-order valence-corrected chi connectivity index (χ0v) is 8.15. The highest BCUT2D eigenvalue weighted by atomic mass is 19.4. The van der Waals surface area contributed by atoms with Crippen LogP contribution in [0.4, 0.5) is 28.9 Å². The van der Waals surface area contributed by atoms with Crippen LogP contribution in [0.15, 0.2) is 18.2 Å². The van der Waals surface area contributed by atoms with Gasteiger partial charge in [-0.05, 0) is 18.2 Å². The summed E-state index contributed by atoms with van der Waals surface area (Å²) in [7, 11) is 1.52. The first-order valence-electron chi connectivity index (χ1n) is 4.20. The van der Waals surface area contributed by atoms with E-state index in [1.54, 1.807) is 0 Å². The molecular formula is C9H8F4N2O. The van der Waals surface area contributed by atoms with Crippen LogP contribution in [0.3, 0.4) is 0 Å². The Labute approximate surface area is 88.4 Å². The Kier molecular flexibility index (Phi) is 3.36. The summed E-state index contributed by atoms with van der Waals surface area (Å²) in [6.07, 6.45) is -5.04. The van der Waals surface area contributed by atoms with Crippen molar-refractivity contribution in [1.82, 2.24) is 0 Å². The number of carbonyl (C=O) groups is 1. The van der Waals surface area contributed by atoms with Crippen molar-refractivity contribution >= 4 is 17.3 Å². The molecule has 0 aliphatic carbocycles. The monoisotopic (exact) mass is 236 g/mol. The molecule has 0 unspecified atom stereocenters. The molecular weight excluding hydrogens is 228 g/mol. The van der Waals surface area contributed by atoms with Crippen molar-refractivity contribution in [2.45, 2.75) is 6.18 Å². The smallest absolute Gasteiger partial charge is 0.388 e. The van der Waals surface area contributed by atoms with Gasteiger partial charge in [0.15, 0.2) is 0 Å². The molecule has 0 fully saturated rings. The summed E-state index contributed by atoms with van der Waals surface area (Å²) in [6.45, 7) is 0. The summed E-state index contributed by atoms with van der Waals surface area (Å²) in [4.78, 5) is 10.6. The zero-order chi connectivity index (χ0) is 12.3. The molecule has 0 saturated carbocycles. The van der Waals surface area contributed by atoms with Crippen LogP contribution in [0.25, 0.3) is 0 Å². The molecule has 16 heavy (non-hydrogen) atoms. The van der Waals surface area contributed by atoms with E-state index >= 15 is 0 Å². The molecule has 1 aromatic carbocycles. The SMILES string of the molecule is CNc1ccc(F)c(NC(=O)C(F)(F)F)c1. The maximum atomic E-state index is 13.0. The Hall–Kier alpha value is -1.79. The third-order valence-electron chi connectivity index (χ3n) is 1.76. The van der Waals surface area contributed by atoms with Gasteiger partial charge in [0, 0.05) is 12.7 Å². The summed E-state index contributed by atoms with van der Waals surface area (Å²) in [5.74, 6) is -3.14. The minimum atomic E-state index is -5.04. The Bertz CT molecular complexity index is 403. The first-order chi connectivity index (χ1) is 7.34. The topological polar surface area (TPSA) is 41.1 Å². The summed E-state index contributed by atoms with van der Waals surface area (Å²) >= 11 is 0. The van der Waals surface area contributed by atoms with Gasteiger partial charge in [-0.25, -0.2) is 4.39 Å². The van der Waals surface area contributed by atoms with Gasteiger partial charge in [0.2, 0.25) is 0 Å². The van der Waals surface area contributed by atoms with Gasteiger partial charge in [-0.3, -0.25) is 4.79 Å². The van der Waals surface area contributed by atoms with E-state index in [0.717, 1.165) is 12.1 Å². The molecule has 0 aliphatic heterocycles. The fourth-order valence-corrected chi connectivity index (χ4v) is 0.970. The Balaban J connectivity index is 2.92. The second kappa shape index (κ2) is 4.38. The van der Waals surface area contributed by atoms with E-state index in [1.165, 1.54) is 18.4 Å². The lowest BCUT2D eigenvalue weighted by Gasteiger charge is -2.10. The number of rotatable bonds is 2. The van der Waals surface area contributed by atoms with Gasteiger partial charge in [0.1, 0.15) is 5.82 Å². The van der Waals surface area contributed by atoms with E-state index in [1.807, 2.05) is 0 Å². The molecule has 1 aromatic rings. The lowest BCUT2D eigenvalue weighted by atomic mass is 10.2. The van der Waals surface area contributed by atoms with Gasteiger partial charge in [0.05, 0.1) is 5.69 Å². The number of hydrogen-bond acceptors (Lipinski definition) is 2. The predicted octanol–water partition coefficient (Wildman–Crippen LogP) is 2.37. The number of anilines is 2. The molecule has 7 heteroatoms. The molecule has 1 amide bonds. The largest absolute Gasteiger partial charge is 0.471 e. The fraction of sp³-hybridized carbons (Fsp3) is 0.222. The molecule has 88 valence electrons. The van der Waals surface area contributed by atoms with Gasteiger partial charge < -0.3 is 10.6 Å². The molecule has 0 heterocycles. The lowest BCUT2D eigenvalue weighted by Crippen LogP contribution is -2.30. The number of carbonyl (C=O) groups excluding carboxylic acids is 1. The van der Waals surface area contributed by atoms with Crippen molar-refractivity contribution in [3.63, 3.8) is 0 Å². The molecule has 0 aliphatic rings. The molecule has 0 saturated heterocycles. The standard InChI is InChI=1S/C9H8F4N2O/c1-14-5-2-3-6(10)7(4-5)15-8(16)9(11,12)13/h2-4,14H,1H3,(H,15,16). The lowest BCUT2D eigenvalue weighted by molar-refractivity contribution is -0.167. The molecule has 0 spiro atoms. The molecule has 1 rings (SSSR count). The molecule has 0 radical (unpaired) electrons. The quantitative estimate of drug-likeness (QED) is 0.774. The van der Waals surface area contributed by atoms with Crippen LogP contribution in [0.5, 0.6) is 0 Å². The number of hydrogen-bond donors (Lipinski definition) is 2. The van der Waals surface area contributed by atoms with Crippen molar-refractivity contribution in [2.75, 3.05) is 17.7 Å². The van der Waals surface area contributed by atoms with E-state index < -0.39 is 23.6 Å². The second-order valence-electron chi connectivity index (χ2n) is 2.90. The summed E-state index contributed by atoms with van der Waals surface area (Å²) in [5, 5.41) is 4.05. The van der Waals surface area contributed by atoms with Crippen LogP contribution >= 0.6 is 0 Å². The van der Waals surface area contributed by atoms with Crippen molar-refractivity contribution in [2.24, 2.45) is 0 Å². The molecule has 0 aromatic heterocycles. The van der Waals surface area contributed by atoms with E-state index in [-0.39, 0.29) is 0 Å².